The average Bonchev–Trinajstić information content (AvgIpc) is 2.34. The van der Waals surface area contributed by atoms with E-state index in [1.165, 1.54) is 25.7 Å². The Bertz CT molecular complexity index is 96.7. The molecule has 1 aliphatic rings. The summed E-state index contributed by atoms with van der Waals surface area (Å²) in [7, 11) is 0. The average molecular weight is 125 g/mol. The fourth-order valence-corrected chi connectivity index (χ4v) is 1.32. The minimum Gasteiger partial charge on any atom is -0.330 e. The fraction of sp³-hybridized carbons (Fsp3) is 0.750. The van der Waals surface area contributed by atoms with Crippen molar-refractivity contribution < 1.29 is 0 Å². The highest BCUT2D eigenvalue weighted by molar-refractivity contribution is 4.95. The van der Waals surface area contributed by atoms with E-state index in [1.807, 2.05) is 0 Å². The highest BCUT2D eigenvalue weighted by Gasteiger charge is 2.06. The summed E-state index contributed by atoms with van der Waals surface area (Å²) in [5.41, 5.74) is 5.38. The van der Waals surface area contributed by atoms with Crippen LogP contribution in [-0.4, -0.2) is 6.54 Å². The van der Waals surface area contributed by atoms with Crippen LogP contribution < -0.4 is 5.73 Å². The summed E-state index contributed by atoms with van der Waals surface area (Å²) in [6.45, 7) is 0.852. The van der Waals surface area contributed by atoms with Crippen LogP contribution in [0.2, 0.25) is 0 Å². The van der Waals surface area contributed by atoms with E-state index in [9.17, 15) is 0 Å². The lowest BCUT2D eigenvalue weighted by Crippen LogP contribution is -2.01. The molecule has 0 aromatic rings. The van der Waals surface area contributed by atoms with Gasteiger partial charge in [0.1, 0.15) is 0 Å². The van der Waals surface area contributed by atoms with Crippen LogP contribution in [0.15, 0.2) is 12.2 Å². The molecule has 1 rings (SSSR count). The molecule has 0 radical (unpaired) electrons. The second-order valence-electron chi connectivity index (χ2n) is 2.70. The van der Waals surface area contributed by atoms with Crippen LogP contribution >= 0.6 is 0 Å². The van der Waals surface area contributed by atoms with Crippen molar-refractivity contribution in [3.05, 3.63) is 12.2 Å². The first-order chi connectivity index (χ1) is 4.43. The molecule has 9 heavy (non-hydrogen) atoms. The van der Waals surface area contributed by atoms with E-state index < -0.39 is 0 Å². The number of rotatable bonds is 3. The van der Waals surface area contributed by atoms with Crippen LogP contribution in [0.5, 0.6) is 0 Å². The Labute approximate surface area is 56.9 Å². The van der Waals surface area contributed by atoms with E-state index in [0.29, 0.717) is 0 Å². The lowest BCUT2D eigenvalue weighted by Gasteiger charge is -2.03. The summed E-state index contributed by atoms with van der Waals surface area (Å²) in [5.74, 6) is 0.855. The second kappa shape index (κ2) is 3.67. The lowest BCUT2D eigenvalue weighted by atomic mass is 10.0. The molecule has 0 saturated heterocycles. The first-order valence-electron chi connectivity index (χ1n) is 3.80. The molecule has 0 fully saturated rings. The Morgan fingerprint density at radius 3 is 3.00 bits per heavy atom. The zero-order valence-electron chi connectivity index (χ0n) is 5.84. The summed E-state index contributed by atoms with van der Waals surface area (Å²) < 4.78 is 0. The van der Waals surface area contributed by atoms with Gasteiger partial charge in [-0.2, -0.15) is 0 Å². The monoisotopic (exact) mass is 125 g/mol. The molecule has 0 aromatic carbocycles. The number of hydrogen-bond donors (Lipinski definition) is 1. The Morgan fingerprint density at radius 2 is 2.44 bits per heavy atom. The van der Waals surface area contributed by atoms with Gasteiger partial charge in [-0.3, -0.25) is 0 Å². The molecule has 0 aromatic heterocycles. The molecule has 1 aliphatic carbocycles. The smallest absolute Gasteiger partial charge is 0.00771 e. The van der Waals surface area contributed by atoms with Gasteiger partial charge in [-0.1, -0.05) is 12.2 Å². The molecule has 0 bridgehead atoms. The third kappa shape index (κ3) is 2.19. The quantitative estimate of drug-likeness (QED) is 0.571. The molecule has 1 nitrogen and oxygen atoms in total. The van der Waals surface area contributed by atoms with Crippen LogP contribution in [0, 0.1) is 5.92 Å². The van der Waals surface area contributed by atoms with Gasteiger partial charge in [-0.15, -0.1) is 0 Å². The second-order valence-corrected chi connectivity index (χ2v) is 2.70. The largest absolute Gasteiger partial charge is 0.330 e. The van der Waals surface area contributed by atoms with Gasteiger partial charge in [-0.25, -0.2) is 0 Å². The molecule has 0 saturated carbocycles. The molecular formula is C8H15N. The molecule has 52 valence electrons. The summed E-state index contributed by atoms with van der Waals surface area (Å²) in [5, 5.41) is 0. The molecular weight excluding hydrogens is 110 g/mol. The van der Waals surface area contributed by atoms with Gasteiger partial charge in [0.25, 0.3) is 0 Å². The van der Waals surface area contributed by atoms with Crippen molar-refractivity contribution in [3.63, 3.8) is 0 Å². The minimum absolute atomic E-state index is 0.852. The summed E-state index contributed by atoms with van der Waals surface area (Å²) in [6, 6.07) is 0. The van der Waals surface area contributed by atoms with Gasteiger partial charge in [0.2, 0.25) is 0 Å². The summed E-state index contributed by atoms with van der Waals surface area (Å²) >= 11 is 0. The summed E-state index contributed by atoms with van der Waals surface area (Å²) in [6.07, 6.45) is 9.74. The van der Waals surface area contributed by atoms with Crippen LogP contribution in [0.25, 0.3) is 0 Å². The van der Waals surface area contributed by atoms with Crippen LogP contribution in [0.4, 0.5) is 0 Å². The van der Waals surface area contributed by atoms with Crippen LogP contribution in [0.3, 0.4) is 0 Å². The van der Waals surface area contributed by atoms with Gasteiger partial charge in [-0.05, 0) is 38.1 Å². The third-order valence-electron chi connectivity index (χ3n) is 1.89. The van der Waals surface area contributed by atoms with Crippen molar-refractivity contribution in [2.24, 2.45) is 11.7 Å². The highest BCUT2D eigenvalue weighted by atomic mass is 14.5. The van der Waals surface area contributed by atoms with Gasteiger partial charge in [0.15, 0.2) is 0 Å². The SMILES string of the molecule is NCCC[C@@H]1C=CCC1. The van der Waals surface area contributed by atoms with Crippen LogP contribution in [-0.2, 0) is 0 Å². The van der Waals surface area contributed by atoms with Crippen LogP contribution in [0.1, 0.15) is 25.7 Å². The lowest BCUT2D eigenvalue weighted by molar-refractivity contribution is 0.556. The van der Waals surface area contributed by atoms with Gasteiger partial charge < -0.3 is 5.73 Å². The predicted molar refractivity (Wildman–Crippen MR) is 40.2 cm³/mol. The maximum absolute atomic E-state index is 5.38. The molecule has 1 heteroatoms. The normalized spacial score (nSPS) is 25.2. The number of allylic oxidation sites excluding steroid dienone is 2. The van der Waals surface area contributed by atoms with E-state index in [0.717, 1.165) is 12.5 Å². The highest BCUT2D eigenvalue weighted by Crippen LogP contribution is 2.20. The Kier molecular flexibility index (Phi) is 2.78. The first-order valence-corrected chi connectivity index (χ1v) is 3.80. The van der Waals surface area contributed by atoms with E-state index in [1.54, 1.807) is 0 Å². The summed E-state index contributed by atoms with van der Waals surface area (Å²) in [4.78, 5) is 0. The van der Waals surface area contributed by atoms with Gasteiger partial charge in [0.05, 0.1) is 0 Å². The predicted octanol–water partition coefficient (Wildman–Crippen LogP) is 1.69. The van der Waals surface area contributed by atoms with Crippen molar-refractivity contribution in [3.8, 4) is 0 Å². The maximum Gasteiger partial charge on any atom is -0.00771 e. The molecule has 2 N–H and O–H groups in total. The standard InChI is InChI=1S/C8H15N/c9-7-3-6-8-4-1-2-5-8/h1,4,8H,2-3,5-7,9H2/t8-/m1/s1. The van der Waals surface area contributed by atoms with Gasteiger partial charge >= 0.3 is 0 Å². The zero-order valence-corrected chi connectivity index (χ0v) is 5.84. The number of nitrogens with two attached hydrogens (primary N) is 1. The Morgan fingerprint density at radius 1 is 1.56 bits per heavy atom. The van der Waals surface area contributed by atoms with Crippen molar-refractivity contribution in [2.75, 3.05) is 6.54 Å². The third-order valence-corrected chi connectivity index (χ3v) is 1.89. The molecule has 0 spiro atoms. The molecule has 0 aliphatic heterocycles. The topological polar surface area (TPSA) is 26.0 Å². The van der Waals surface area contributed by atoms with E-state index >= 15 is 0 Å². The van der Waals surface area contributed by atoms with E-state index in [2.05, 4.69) is 12.2 Å². The zero-order chi connectivity index (χ0) is 6.53. The first kappa shape index (κ1) is 6.81. The minimum atomic E-state index is 0.852. The molecule has 1 atom stereocenters. The fourth-order valence-electron chi connectivity index (χ4n) is 1.32. The Hall–Kier alpha value is -0.300. The van der Waals surface area contributed by atoms with Gasteiger partial charge in [0, 0.05) is 0 Å². The van der Waals surface area contributed by atoms with Crippen molar-refractivity contribution >= 4 is 0 Å². The van der Waals surface area contributed by atoms with Crippen molar-refractivity contribution in [1.82, 2.24) is 0 Å². The van der Waals surface area contributed by atoms with Crippen molar-refractivity contribution in [1.29, 1.82) is 0 Å². The number of hydrogen-bond acceptors (Lipinski definition) is 1. The van der Waals surface area contributed by atoms with Crippen molar-refractivity contribution in [2.45, 2.75) is 25.7 Å². The maximum atomic E-state index is 5.38. The van der Waals surface area contributed by atoms with E-state index in [4.69, 9.17) is 5.73 Å². The molecule has 0 unspecified atom stereocenters. The van der Waals surface area contributed by atoms with E-state index in [-0.39, 0.29) is 0 Å². The molecule has 0 amide bonds. The molecule has 0 heterocycles. The Balaban J connectivity index is 2.05.